The van der Waals surface area contributed by atoms with E-state index in [-0.39, 0.29) is 11.8 Å². The van der Waals surface area contributed by atoms with Crippen LogP contribution < -0.4 is 0 Å². The molecule has 1 fully saturated rings. The highest BCUT2D eigenvalue weighted by molar-refractivity contribution is 5.82. The lowest BCUT2D eigenvalue weighted by Gasteiger charge is -2.16. The summed E-state index contributed by atoms with van der Waals surface area (Å²) in [6.45, 7) is 1.52. The number of amides is 1. The molecule has 6 heteroatoms. The fraction of sp³-hybridized carbons (Fsp3) is 0.333. The molecule has 0 bridgehead atoms. The van der Waals surface area contributed by atoms with Crippen LogP contribution in [-0.2, 0) is 11.3 Å². The number of pyridine rings is 1. The minimum Gasteiger partial charge on any atom is -0.336 e. The maximum absolute atomic E-state index is 12.0. The van der Waals surface area contributed by atoms with Crippen molar-refractivity contribution in [2.24, 2.45) is 11.0 Å². The van der Waals surface area contributed by atoms with Crippen LogP contribution in [0.1, 0.15) is 12.1 Å². The molecule has 1 atom stereocenters. The first-order valence-electron chi connectivity index (χ1n) is 6.88. The molecule has 1 amide bonds. The molecule has 2 heterocycles. The van der Waals surface area contributed by atoms with E-state index in [1.54, 1.807) is 4.90 Å². The normalized spacial score (nSPS) is 18.0. The second-order valence-corrected chi connectivity index (χ2v) is 5.28. The zero-order valence-corrected chi connectivity index (χ0v) is 11.5. The van der Waals surface area contributed by atoms with E-state index in [2.05, 4.69) is 15.0 Å². The molecule has 6 nitrogen and oxygen atoms in total. The number of carbonyl (C=O) groups excluding carboxylic acids is 1. The maximum Gasteiger partial charge on any atom is 0.223 e. The third kappa shape index (κ3) is 2.95. The molecule has 0 N–H and O–H groups in total. The van der Waals surface area contributed by atoms with Crippen LogP contribution in [0.2, 0.25) is 0 Å². The average molecular weight is 281 g/mol. The smallest absolute Gasteiger partial charge is 0.223 e. The van der Waals surface area contributed by atoms with Gasteiger partial charge in [-0.2, -0.15) is 0 Å². The Balaban J connectivity index is 1.73. The van der Waals surface area contributed by atoms with E-state index in [4.69, 9.17) is 5.53 Å². The topological polar surface area (TPSA) is 82.0 Å². The molecular weight excluding hydrogens is 266 g/mol. The van der Waals surface area contributed by atoms with Crippen molar-refractivity contribution >= 4 is 16.7 Å². The molecule has 2 aromatic rings. The third-order valence-electron chi connectivity index (χ3n) is 3.74. The van der Waals surface area contributed by atoms with E-state index in [1.807, 2.05) is 36.5 Å². The Morgan fingerprint density at radius 1 is 1.38 bits per heavy atom. The Morgan fingerprint density at radius 2 is 2.19 bits per heavy atom. The molecule has 1 saturated heterocycles. The van der Waals surface area contributed by atoms with Gasteiger partial charge in [-0.25, -0.2) is 0 Å². The van der Waals surface area contributed by atoms with Crippen LogP contribution in [0.25, 0.3) is 21.2 Å². The van der Waals surface area contributed by atoms with Crippen molar-refractivity contribution in [3.05, 3.63) is 52.7 Å². The van der Waals surface area contributed by atoms with E-state index in [0.29, 0.717) is 26.1 Å². The summed E-state index contributed by atoms with van der Waals surface area (Å²) in [5.74, 6) is 0.219. The Hall–Kier alpha value is -2.59. The highest BCUT2D eigenvalue weighted by atomic mass is 16.2. The molecule has 1 unspecified atom stereocenters. The Kier molecular flexibility index (Phi) is 3.71. The lowest BCUT2D eigenvalue weighted by Crippen LogP contribution is -2.25. The van der Waals surface area contributed by atoms with E-state index in [1.165, 1.54) is 0 Å². The fourth-order valence-electron chi connectivity index (χ4n) is 2.69. The Morgan fingerprint density at radius 3 is 3.00 bits per heavy atom. The SMILES string of the molecule is [N-]=[N+]=NCC1CC(=O)N(Cc2cc3ccccc3cn2)C1. The van der Waals surface area contributed by atoms with Gasteiger partial charge in [-0.3, -0.25) is 9.78 Å². The number of hydrogen-bond donors (Lipinski definition) is 0. The predicted octanol–water partition coefficient (Wildman–Crippen LogP) is 2.89. The van der Waals surface area contributed by atoms with Crippen LogP contribution in [0, 0.1) is 5.92 Å². The summed E-state index contributed by atoms with van der Waals surface area (Å²) in [6.07, 6.45) is 2.29. The quantitative estimate of drug-likeness (QED) is 0.490. The van der Waals surface area contributed by atoms with Crippen molar-refractivity contribution in [2.45, 2.75) is 13.0 Å². The number of aromatic nitrogens is 1. The van der Waals surface area contributed by atoms with Crippen molar-refractivity contribution in [3.8, 4) is 0 Å². The van der Waals surface area contributed by atoms with E-state index in [9.17, 15) is 4.79 Å². The molecule has 1 aromatic carbocycles. The first-order valence-corrected chi connectivity index (χ1v) is 6.88. The average Bonchev–Trinajstić information content (AvgIpc) is 2.85. The lowest BCUT2D eigenvalue weighted by molar-refractivity contribution is -0.128. The summed E-state index contributed by atoms with van der Waals surface area (Å²) < 4.78 is 0. The van der Waals surface area contributed by atoms with Gasteiger partial charge in [-0.15, -0.1) is 0 Å². The van der Waals surface area contributed by atoms with Crippen LogP contribution in [0.15, 0.2) is 41.6 Å². The highest BCUT2D eigenvalue weighted by Gasteiger charge is 2.29. The van der Waals surface area contributed by atoms with E-state index < -0.39 is 0 Å². The molecule has 21 heavy (non-hydrogen) atoms. The van der Waals surface area contributed by atoms with Gasteiger partial charge in [-0.05, 0) is 22.9 Å². The van der Waals surface area contributed by atoms with Crippen molar-refractivity contribution in [3.63, 3.8) is 0 Å². The second kappa shape index (κ2) is 5.81. The largest absolute Gasteiger partial charge is 0.336 e. The zero-order valence-electron chi connectivity index (χ0n) is 11.5. The minimum atomic E-state index is 0.100. The number of nitrogens with zero attached hydrogens (tertiary/aromatic N) is 5. The summed E-state index contributed by atoms with van der Waals surface area (Å²) in [5, 5.41) is 5.77. The van der Waals surface area contributed by atoms with Crippen molar-refractivity contribution < 1.29 is 4.79 Å². The summed E-state index contributed by atoms with van der Waals surface area (Å²) in [7, 11) is 0. The van der Waals surface area contributed by atoms with Gasteiger partial charge in [0.15, 0.2) is 0 Å². The van der Waals surface area contributed by atoms with Crippen molar-refractivity contribution in [1.82, 2.24) is 9.88 Å². The monoisotopic (exact) mass is 281 g/mol. The highest BCUT2D eigenvalue weighted by Crippen LogP contribution is 2.21. The van der Waals surface area contributed by atoms with Gasteiger partial charge < -0.3 is 4.90 Å². The number of rotatable bonds is 4. The summed E-state index contributed by atoms with van der Waals surface area (Å²) in [4.78, 5) is 20.9. The van der Waals surface area contributed by atoms with Crippen LogP contribution in [0.5, 0.6) is 0 Å². The maximum atomic E-state index is 12.0. The molecule has 0 aliphatic carbocycles. The van der Waals surface area contributed by atoms with Gasteiger partial charge in [0.25, 0.3) is 0 Å². The first-order chi connectivity index (χ1) is 10.3. The molecule has 0 saturated carbocycles. The number of likely N-dealkylation sites (tertiary alicyclic amines) is 1. The number of carbonyl (C=O) groups is 1. The van der Waals surface area contributed by atoms with Gasteiger partial charge in [-0.1, -0.05) is 29.4 Å². The standard InChI is InChI=1S/C15H15N5O/c16-19-18-7-11-5-15(21)20(9-11)10-14-6-12-3-1-2-4-13(12)8-17-14/h1-4,6,8,11H,5,7,9-10H2. The number of fused-ring (bicyclic) bond motifs is 1. The summed E-state index contributed by atoms with van der Waals surface area (Å²) in [5.41, 5.74) is 9.22. The molecule has 106 valence electrons. The molecule has 1 aliphatic heterocycles. The first kappa shape index (κ1) is 13.4. The van der Waals surface area contributed by atoms with Gasteiger partial charge in [0.05, 0.1) is 12.2 Å². The molecule has 3 rings (SSSR count). The van der Waals surface area contributed by atoms with E-state index >= 15 is 0 Å². The second-order valence-electron chi connectivity index (χ2n) is 5.28. The summed E-state index contributed by atoms with van der Waals surface area (Å²) >= 11 is 0. The molecule has 0 radical (unpaired) electrons. The zero-order chi connectivity index (χ0) is 14.7. The fourth-order valence-corrected chi connectivity index (χ4v) is 2.69. The van der Waals surface area contributed by atoms with Crippen LogP contribution in [0.4, 0.5) is 0 Å². The van der Waals surface area contributed by atoms with Crippen molar-refractivity contribution in [1.29, 1.82) is 0 Å². The van der Waals surface area contributed by atoms with Gasteiger partial charge in [0.1, 0.15) is 0 Å². The molecule has 1 aromatic heterocycles. The Labute approximate surface area is 122 Å². The van der Waals surface area contributed by atoms with Crippen LogP contribution in [0.3, 0.4) is 0 Å². The van der Waals surface area contributed by atoms with Crippen molar-refractivity contribution in [2.75, 3.05) is 13.1 Å². The minimum absolute atomic E-state index is 0.100. The lowest BCUT2D eigenvalue weighted by atomic mass is 10.1. The summed E-state index contributed by atoms with van der Waals surface area (Å²) in [6, 6.07) is 10.0. The van der Waals surface area contributed by atoms with Crippen LogP contribution >= 0.6 is 0 Å². The molecule has 1 aliphatic rings. The molecular formula is C15H15N5O. The number of azide groups is 1. The molecule has 0 spiro atoms. The third-order valence-corrected chi connectivity index (χ3v) is 3.74. The van der Waals surface area contributed by atoms with Gasteiger partial charge in [0.2, 0.25) is 5.91 Å². The van der Waals surface area contributed by atoms with Gasteiger partial charge >= 0.3 is 0 Å². The van der Waals surface area contributed by atoms with Gasteiger partial charge in [0, 0.05) is 36.0 Å². The predicted molar refractivity (Wildman–Crippen MR) is 79.3 cm³/mol. The Bertz CT molecular complexity index is 723. The van der Waals surface area contributed by atoms with E-state index in [0.717, 1.165) is 16.5 Å². The van der Waals surface area contributed by atoms with Crippen LogP contribution in [-0.4, -0.2) is 28.9 Å². The number of benzene rings is 1. The number of hydrogen-bond acceptors (Lipinski definition) is 3.